The van der Waals surface area contributed by atoms with Crippen LogP contribution in [0.1, 0.15) is 25.8 Å². The first-order chi connectivity index (χ1) is 10.5. The van der Waals surface area contributed by atoms with Crippen LogP contribution in [0.5, 0.6) is 0 Å². The number of carbonyl (C=O) groups excluding carboxylic acids is 1. The molecule has 1 heterocycles. The Balaban J connectivity index is 2.18. The number of rotatable bonds is 6. The quantitative estimate of drug-likeness (QED) is 0.888. The molecule has 2 unspecified atom stereocenters. The molecule has 0 spiro atoms. The first kappa shape index (κ1) is 16.5. The van der Waals surface area contributed by atoms with E-state index < -0.39 is 12.0 Å². The summed E-state index contributed by atoms with van der Waals surface area (Å²) in [5, 5.41) is 12.5. The average molecular weight is 319 g/mol. The van der Waals surface area contributed by atoms with Gasteiger partial charge >= 0.3 is 5.97 Å². The van der Waals surface area contributed by atoms with Crippen LogP contribution in [0.25, 0.3) is 10.1 Å². The molecule has 22 heavy (non-hydrogen) atoms. The van der Waals surface area contributed by atoms with Crippen molar-refractivity contribution < 1.29 is 14.7 Å². The molecule has 1 aromatic heterocycles. The summed E-state index contributed by atoms with van der Waals surface area (Å²) in [5.41, 5.74) is 0.964. The van der Waals surface area contributed by atoms with Crippen molar-refractivity contribution in [2.75, 3.05) is 7.05 Å². The number of carbonyl (C=O) groups is 2. The van der Waals surface area contributed by atoms with Crippen molar-refractivity contribution >= 4 is 33.3 Å². The van der Waals surface area contributed by atoms with Gasteiger partial charge in [-0.15, -0.1) is 11.3 Å². The number of benzene rings is 1. The summed E-state index contributed by atoms with van der Waals surface area (Å²) < 4.78 is 1.14. The second-order valence-corrected chi connectivity index (χ2v) is 6.52. The number of nitrogens with zero attached hydrogens (tertiary/aromatic N) is 1. The Hall–Kier alpha value is -1.88. The molecule has 118 valence electrons. The van der Waals surface area contributed by atoms with Gasteiger partial charge in [0.1, 0.15) is 6.04 Å². The highest BCUT2D eigenvalue weighted by Gasteiger charge is 2.31. The van der Waals surface area contributed by atoms with Crippen LogP contribution in [-0.2, 0) is 16.0 Å². The summed E-state index contributed by atoms with van der Waals surface area (Å²) in [6.45, 7) is 3.80. The molecule has 2 aromatic rings. The molecule has 5 heteroatoms. The zero-order valence-electron chi connectivity index (χ0n) is 13.1. The number of thiophene rings is 1. The predicted octanol–water partition coefficient (Wildman–Crippen LogP) is 3.40. The van der Waals surface area contributed by atoms with E-state index in [2.05, 4.69) is 0 Å². The molecule has 2 atom stereocenters. The SMILES string of the molecule is CCC(C)C(C(=O)O)N(C)C(=O)Cc1csc2ccccc12. The third kappa shape index (κ3) is 3.30. The summed E-state index contributed by atoms with van der Waals surface area (Å²) in [4.78, 5) is 25.3. The van der Waals surface area contributed by atoms with E-state index in [-0.39, 0.29) is 18.2 Å². The van der Waals surface area contributed by atoms with Gasteiger partial charge in [-0.2, -0.15) is 0 Å². The van der Waals surface area contributed by atoms with Crippen LogP contribution in [0, 0.1) is 5.92 Å². The van der Waals surface area contributed by atoms with Crippen molar-refractivity contribution in [3.05, 3.63) is 35.2 Å². The maximum Gasteiger partial charge on any atom is 0.326 e. The van der Waals surface area contributed by atoms with Gasteiger partial charge in [-0.05, 0) is 28.3 Å². The fraction of sp³-hybridized carbons (Fsp3) is 0.412. The molecule has 0 fully saturated rings. The number of aliphatic carboxylic acids is 1. The van der Waals surface area contributed by atoms with Gasteiger partial charge in [0, 0.05) is 11.7 Å². The fourth-order valence-electron chi connectivity index (χ4n) is 2.63. The number of amides is 1. The summed E-state index contributed by atoms with van der Waals surface area (Å²) in [5.74, 6) is -1.18. The summed E-state index contributed by atoms with van der Waals surface area (Å²) in [6, 6.07) is 7.17. The van der Waals surface area contributed by atoms with Gasteiger partial charge in [0.2, 0.25) is 5.91 Å². The largest absolute Gasteiger partial charge is 0.480 e. The van der Waals surface area contributed by atoms with Gasteiger partial charge in [0.05, 0.1) is 6.42 Å². The zero-order valence-corrected chi connectivity index (χ0v) is 13.9. The van der Waals surface area contributed by atoms with Gasteiger partial charge in [0.25, 0.3) is 0 Å². The van der Waals surface area contributed by atoms with E-state index in [9.17, 15) is 14.7 Å². The van der Waals surface area contributed by atoms with Crippen molar-refractivity contribution in [3.63, 3.8) is 0 Å². The normalized spacial score (nSPS) is 13.8. The molecule has 1 N–H and O–H groups in total. The monoisotopic (exact) mass is 319 g/mol. The van der Waals surface area contributed by atoms with E-state index in [0.29, 0.717) is 0 Å². The lowest BCUT2D eigenvalue weighted by Crippen LogP contribution is -2.46. The van der Waals surface area contributed by atoms with Crippen LogP contribution in [0.3, 0.4) is 0 Å². The Morgan fingerprint density at radius 3 is 2.64 bits per heavy atom. The van der Waals surface area contributed by atoms with Crippen molar-refractivity contribution in [1.29, 1.82) is 0 Å². The number of hydrogen-bond acceptors (Lipinski definition) is 3. The first-order valence-corrected chi connectivity index (χ1v) is 8.27. The Labute approximate surface area is 134 Å². The molecule has 2 rings (SSSR count). The van der Waals surface area contributed by atoms with Crippen molar-refractivity contribution in [3.8, 4) is 0 Å². The number of hydrogen-bond donors (Lipinski definition) is 1. The lowest BCUT2D eigenvalue weighted by atomic mass is 9.97. The number of fused-ring (bicyclic) bond motifs is 1. The van der Waals surface area contributed by atoms with Crippen LogP contribution in [0.2, 0.25) is 0 Å². The van der Waals surface area contributed by atoms with Gasteiger partial charge in [-0.3, -0.25) is 4.79 Å². The number of carboxylic acid groups (broad SMARTS) is 1. The Morgan fingerprint density at radius 2 is 2.00 bits per heavy atom. The molecule has 0 saturated carbocycles. The van der Waals surface area contributed by atoms with Gasteiger partial charge in [-0.1, -0.05) is 38.5 Å². The van der Waals surface area contributed by atoms with Crippen LogP contribution in [0.4, 0.5) is 0 Å². The van der Waals surface area contributed by atoms with E-state index in [1.807, 2.05) is 43.5 Å². The minimum atomic E-state index is -0.944. The molecule has 0 radical (unpaired) electrons. The molecule has 0 aliphatic rings. The van der Waals surface area contributed by atoms with Crippen LogP contribution >= 0.6 is 11.3 Å². The molecule has 1 aromatic carbocycles. The molecule has 0 bridgehead atoms. The third-order valence-corrected chi connectivity index (χ3v) is 5.16. The summed E-state index contributed by atoms with van der Waals surface area (Å²) in [6.07, 6.45) is 0.955. The van der Waals surface area contributed by atoms with Gasteiger partial charge in [-0.25, -0.2) is 4.79 Å². The van der Waals surface area contributed by atoms with E-state index in [1.165, 1.54) is 4.90 Å². The summed E-state index contributed by atoms with van der Waals surface area (Å²) >= 11 is 1.61. The highest BCUT2D eigenvalue weighted by atomic mass is 32.1. The fourth-order valence-corrected chi connectivity index (χ4v) is 3.59. The lowest BCUT2D eigenvalue weighted by Gasteiger charge is -2.29. The zero-order chi connectivity index (χ0) is 16.3. The minimum absolute atomic E-state index is 0.0781. The smallest absolute Gasteiger partial charge is 0.326 e. The van der Waals surface area contributed by atoms with E-state index >= 15 is 0 Å². The molecular weight excluding hydrogens is 298 g/mol. The maximum atomic E-state index is 12.5. The molecule has 1 amide bonds. The molecule has 0 aliphatic carbocycles. The Bertz CT molecular complexity index is 679. The summed E-state index contributed by atoms with van der Waals surface area (Å²) in [7, 11) is 1.59. The number of likely N-dealkylation sites (N-methyl/N-ethyl adjacent to an activating group) is 1. The highest BCUT2D eigenvalue weighted by Crippen LogP contribution is 2.26. The van der Waals surface area contributed by atoms with Gasteiger partial charge in [0.15, 0.2) is 0 Å². The Morgan fingerprint density at radius 1 is 1.32 bits per heavy atom. The van der Waals surface area contributed by atoms with Crippen molar-refractivity contribution in [1.82, 2.24) is 4.90 Å². The van der Waals surface area contributed by atoms with Crippen molar-refractivity contribution in [2.45, 2.75) is 32.7 Å². The lowest BCUT2D eigenvalue weighted by molar-refractivity contribution is -0.151. The predicted molar refractivity (Wildman–Crippen MR) is 89.2 cm³/mol. The van der Waals surface area contributed by atoms with Crippen LogP contribution < -0.4 is 0 Å². The average Bonchev–Trinajstić information content (AvgIpc) is 2.90. The van der Waals surface area contributed by atoms with Crippen molar-refractivity contribution in [2.24, 2.45) is 5.92 Å². The maximum absolute atomic E-state index is 12.5. The number of carboxylic acids is 1. The minimum Gasteiger partial charge on any atom is -0.480 e. The molecule has 4 nitrogen and oxygen atoms in total. The van der Waals surface area contributed by atoms with Crippen LogP contribution in [0.15, 0.2) is 29.6 Å². The molecular formula is C17H21NO3S. The second kappa shape index (κ2) is 6.92. The van der Waals surface area contributed by atoms with Crippen LogP contribution in [-0.4, -0.2) is 35.0 Å². The van der Waals surface area contributed by atoms with Gasteiger partial charge < -0.3 is 10.0 Å². The second-order valence-electron chi connectivity index (χ2n) is 5.61. The molecule has 0 saturated heterocycles. The highest BCUT2D eigenvalue weighted by molar-refractivity contribution is 7.17. The topological polar surface area (TPSA) is 57.6 Å². The first-order valence-electron chi connectivity index (χ1n) is 7.39. The Kier molecular flexibility index (Phi) is 5.19. The standard InChI is InChI=1S/C17H21NO3S/c1-4-11(2)16(17(20)21)18(3)15(19)9-12-10-22-14-8-6-5-7-13(12)14/h5-8,10-11,16H,4,9H2,1-3H3,(H,20,21). The molecule has 0 aliphatic heterocycles. The van der Waals surface area contributed by atoms with E-state index in [4.69, 9.17) is 0 Å². The van der Waals surface area contributed by atoms with E-state index in [1.54, 1.807) is 18.4 Å². The third-order valence-electron chi connectivity index (χ3n) is 4.15. The van der Waals surface area contributed by atoms with E-state index in [0.717, 1.165) is 22.1 Å².